The molecule has 0 aliphatic heterocycles. The van der Waals surface area contributed by atoms with Crippen LogP contribution in [0.2, 0.25) is 0 Å². The number of rotatable bonds is 3. The van der Waals surface area contributed by atoms with Crippen LogP contribution in [0.5, 0.6) is 0 Å². The van der Waals surface area contributed by atoms with E-state index in [9.17, 15) is 4.79 Å². The highest BCUT2D eigenvalue weighted by molar-refractivity contribution is 8.93. The average Bonchev–Trinajstić information content (AvgIpc) is 1.87. The van der Waals surface area contributed by atoms with Crippen LogP contribution in [0.25, 0.3) is 0 Å². The maximum Gasteiger partial charge on any atom is 0.244 e. The van der Waals surface area contributed by atoms with Crippen LogP contribution in [-0.2, 0) is 4.79 Å². The smallest absolute Gasteiger partial charge is 0.244 e. The fourth-order valence-electron chi connectivity index (χ4n) is 0.344. The van der Waals surface area contributed by atoms with Gasteiger partial charge < -0.3 is 11.1 Å². The predicted octanol–water partition coefficient (Wildman–Crippen LogP) is 0.561. The van der Waals surface area contributed by atoms with E-state index >= 15 is 0 Å². The van der Waals surface area contributed by atoms with Gasteiger partial charge in [0.1, 0.15) is 0 Å². The summed E-state index contributed by atoms with van der Waals surface area (Å²) in [6.45, 7) is 5.18. The van der Waals surface area contributed by atoms with Crippen LogP contribution in [0.3, 0.4) is 0 Å². The lowest BCUT2D eigenvalue weighted by Gasteiger charge is -2.07. The zero-order chi connectivity index (χ0) is 7.28. The molecule has 0 aliphatic rings. The largest absolute Gasteiger partial charge is 0.337 e. The summed E-state index contributed by atoms with van der Waals surface area (Å²) in [5.41, 5.74) is 5.37. The fourth-order valence-corrected chi connectivity index (χ4v) is 0.344. The molecule has 3 nitrogen and oxygen atoms in total. The van der Waals surface area contributed by atoms with E-state index < -0.39 is 0 Å². The zero-order valence-electron chi connectivity index (χ0n) is 5.96. The van der Waals surface area contributed by atoms with E-state index in [-0.39, 0.29) is 29.1 Å². The van der Waals surface area contributed by atoms with Gasteiger partial charge >= 0.3 is 0 Å². The van der Waals surface area contributed by atoms with Gasteiger partial charge in [-0.1, -0.05) is 13.5 Å². The number of halogens is 1. The minimum Gasteiger partial charge on any atom is -0.337 e. The van der Waals surface area contributed by atoms with Crippen molar-refractivity contribution < 1.29 is 4.79 Å². The standard InChI is InChI=1S/C6H12N2O.BrH/c1-3-5(7)8-6(9)4-2;/h4-5H,2-3,7H2,1H3,(H,8,9);1H. The number of amides is 1. The highest BCUT2D eigenvalue weighted by Crippen LogP contribution is 1.79. The van der Waals surface area contributed by atoms with Crippen LogP contribution < -0.4 is 11.1 Å². The number of hydrogen-bond acceptors (Lipinski definition) is 2. The molecule has 1 atom stereocenters. The summed E-state index contributed by atoms with van der Waals surface area (Å²) >= 11 is 0. The third kappa shape index (κ3) is 5.78. The monoisotopic (exact) mass is 208 g/mol. The van der Waals surface area contributed by atoms with Crippen molar-refractivity contribution in [2.45, 2.75) is 19.5 Å². The van der Waals surface area contributed by atoms with Crippen LogP contribution in [0, 0.1) is 0 Å². The molecule has 0 aliphatic carbocycles. The molecule has 0 heterocycles. The topological polar surface area (TPSA) is 55.1 Å². The van der Waals surface area contributed by atoms with E-state index in [1.807, 2.05) is 6.92 Å². The molecular formula is C6H13BrN2O. The van der Waals surface area contributed by atoms with Gasteiger partial charge in [-0.3, -0.25) is 4.79 Å². The van der Waals surface area contributed by atoms with Crippen LogP contribution in [0.15, 0.2) is 12.7 Å². The van der Waals surface area contributed by atoms with Crippen molar-refractivity contribution in [2.24, 2.45) is 5.73 Å². The number of nitrogens with one attached hydrogen (secondary N) is 1. The molecule has 0 spiro atoms. The quantitative estimate of drug-likeness (QED) is 0.527. The van der Waals surface area contributed by atoms with Crippen molar-refractivity contribution in [1.29, 1.82) is 0 Å². The summed E-state index contributed by atoms with van der Waals surface area (Å²) in [6, 6.07) is 0. The second-order valence-corrected chi connectivity index (χ2v) is 1.73. The highest BCUT2D eigenvalue weighted by Gasteiger charge is 1.98. The van der Waals surface area contributed by atoms with Gasteiger partial charge in [0.25, 0.3) is 0 Å². The Kier molecular flexibility index (Phi) is 8.35. The van der Waals surface area contributed by atoms with Gasteiger partial charge in [0.05, 0.1) is 6.17 Å². The molecule has 0 bridgehead atoms. The Labute approximate surface area is 71.4 Å². The van der Waals surface area contributed by atoms with Crippen LogP contribution >= 0.6 is 17.0 Å². The molecule has 1 amide bonds. The van der Waals surface area contributed by atoms with Crippen molar-refractivity contribution in [3.8, 4) is 0 Å². The first-order chi connectivity index (χ1) is 4.20. The summed E-state index contributed by atoms with van der Waals surface area (Å²) in [5, 5.41) is 2.50. The molecular weight excluding hydrogens is 196 g/mol. The molecule has 10 heavy (non-hydrogen) atoms. The first-order valence-corrected chi connectivity index (χ1v) is 2.89. The van der Waals surface area contributed by atoms with Crippen molar-refractivity contribution in [3.63, 3.8) is 0 Å². The maximum atomic E-state index is 10.5. The fraction of sp³-hybridized carbons (Fsp3) is 0.500. The summed E-state index contributed by atoms with van der Waals surface area (Å²) < 4.78 is 0. The Bertz CT molecular complexity index is 116. The van der Waals surface area contributed by atoms with E-state index in [0.717, 1.165) is 6.42 Å². The Morgan fingerprint density at radius 1 is 1.90 bits per heavy atom. The van der Waals surface area contributed by atoms with Crippen molar-refractivity contribution in [2.75, 3.05) is 0 Å². The van der Waals surface area contributed by atoms with E-state index in [1.165, 1.54) is 6.08 Å². The van der Waals surface area contributed by atoms with Crippen molar-refractivity contribution >= 4 is 22.9 Å². The average molecular weight is 209 g/mol. The summed E-state index contributed by atoms with van der Waals surface area (Å²) in [6.07, 6.45) is 1.70. The normalized spacial score (nSPS) is 11.0. The Hall–Kier alpha value is -0.350. The van der Waals surface area contributed by atoms with E-state index in [1.54, 1.807) is 0 Å². The van der Waals surface area contributed by atoms with Gasteiger partial charge in [-0.25, -0.2) is 0 Å². The predicted molar refractivity (Wildman–Crippen MR) is 46.9 cm³/mol. The Morgan fingerprint density at radius 2 is 2.40 bits per heavy atom. The summed E-state index contributed by atoms with van der Waals surface area (Å²) in [5.74, 6) is -0.218. The molecule has 0 saturated heterocycles. The number of carbonyl (C=O) groups excluding carboxylic acids is 1. The minimum atomic E-state index is -0.240. The Morgan fingerprint density at radius 3 is 2.70 bits per heavy atom. The van der Waals surface area contributed by atoms with Crippen LogP contribution in [0.4, 0.5) is 0 Å². The third-order valence-electron chi connectivity index (χ3n) is 0.953. The number of carbonyl (C=O) groups is 1. The van der Waals surface area contributed by atoms with Crippen LogP contribution in [0.1, 0.15) is 13.3 Å². The highest BCUT2D eigenvalue weighted by atomic mass is 79.9. The lowest BCUT2D eigenvalue weighted by molar-refractivity contribution is -0.117. The van der Waals surface area contributed by atoms with Gasteiger partial charge in [0.2, 0.25) is 5.91 Å². The van der Waals surface area contributed by atoms with Gasteiger partial charge in [-0.05, 0) is 12.5 Å². The minimum absolute atomic E-state index is 0. The first-order valence-electron chi connectivity index (χ1n) is 2.89. The van der Waals surface area contributed by atoms with E-state index in [2.05, 4.69) is 11.9 Å². The van der Waals surface area contributed by atoms with Gasteiger partial charge in [0.15, 0.2) is 0 Å². The molecule has 4 heteroatoms. The van der Waals surface area contributed by atoms with Gasteiger partial charge in [-0.2, -0.15) is 0 Å². The summed E-state index contributed by atoms with van der Waals surface area (Å²) in [7, 11) is 0. The maximum absolute atomic E-state index is 10.5. The third-order valence-corrected chi connectivity index (χ3v) is 0.953. The molecule has 1 unspecified atom stereocenters. The molecule has 0 aromatic carbocycles. The van der Waals surface area contributed by atoms with Gasteiger partial charge in [-0.15, -0.1) is 17.0 Å². The molecule has 0 saturated carbocycles. The molecule has 60 valence electrons. The van der Waals surface area contributed by atoms with Gasteiger partial charge in [0, 0.05) is 0 Å². The lowest BCUT2D eigenvalue weighted by Crippen LogP contribution is -2.39. The second-order valence-electron chi connectivity index (χ2n) is 1.73. The van der Waals surface area contributed by atoms with Crippen LogP contribution in [-0.4, -0.2) is 12.1 Å². The first kappa shape index (κ1) is 12.3. The molecule has 0 rings (SSSR count). The van der Waals surface area contributed by atoms with E-state index in [0.29, 0.717) is 0 Å². The number of hydrogen-bond donors (Lipinski definition) is 2. The second kappa shape index (κ2) is 6.77. The molecule has 0 aromatic heterocycles. The van der Waals surface area contributed by atoms with E-state index in [4.69, 9.17) is 5.73 Å². The SMILES string of the molecule is Br.C=CC(=O)NC(N)CC. The molecule has 0 aromatic rings. The lowest BCUT2D eigenvalue weighted by atomic mass is 10.4. The Balaban J connectivity index is 0. The van der Waals surface area contributed by atoms with Crippen molar-refractivity contribution in [1.82, 2.24) is 5.32 Å². The van der Waals surface area contributed by atoms with Crippen molar-refractivity contribution in [3.05, 3.63) is 12.7 Å². The zero-order valence-corrected chi connectivity index (χ0v) is 7.68. The molecule has 0 fully saturated rings. The number of nitrogens with two attached hydrogens (primary N) is 1. The molecule has 3 N–H and O–H groups in total. The molecule has 0 radical (unpaired) electrons. The summed E-state index contributed by atoms with van der Waals surface area (Å²) in [4.78, 5) is 10.5.